The van der Waals surface area contributed by atoms with Crippen molar-refractivity contribution in [2.75, 3.05) is 20.2 Å². The number of rotatable bonds is 30. The number of nitrogens with two attached hydrogens (primary N) is 1. The van der Waals surface area contributed by atoms with E-state index in [-0.39, 0.29) is 44.1 Å². The number of nitrogens with zero attached hydrogens (tertiary/aromatic N) is 1. The van der Waals surface area contributed by atoms with Crippen LogP contribution >= 0.6 is 25.3 Å². The van der Waals surface area contributed by atoms with Gasteiger partial charge in [-0.1, -0.05) is 44.2 Å². The van der Waals surface area contributed by atoms with Crippen molar-refractivity contribution >= 4 is 90.4 Å². The molecule has 0 aliphatic rings. The summed E-state index contributed by atoms with van der Waals surface area (Å²) < 4.78 is -2.46. The minimum absolute atomic E-state index is 0.0692. The van der Waals surface area contributed by atoms with Gasteiger partial charge in [0.1, 0.15) is 48.3 Å². The number of aliphatic carboxylic acids is 2. The molecule has 72 heavy (non-hydrogen) atoms. The minimum Gasteiger partial charge on any atom is -0.481 e. The van der Waals surface area contributed by atoms with E-state index < -0.39 is 136 Å². The van der Waals surface area contributed by atoms with Crippen molar-refractivity contribution in [3.8, 4) is 0 Å². The van der Waals surface area contributed by atoms with Crippen LogP contribution in [0.1, 0.15) is 86.6 Å². The Kier molecular flexibility index (Phi) is 26.0. The Morgan fingerprint density at radius 2 is 1.22 bits per heavy atom. The Morgan fingerprint density at radius 1 is 0.708 bits per heavy atom. The highest BCUT2D eigenvalue weighted by atomic mass is 32.1. The summed E-state index contributed by atoms with van der Waals surface area (Å²) in [6, 6.07) is -4.33. The number of likely N-dealkylation sites (N-methyl/N-ethyl adjacent to an activating group) is 1. The number of carboxylic acids is 2. The Bertz CT molecular complexity index is 2090. The van der Waals surface area contributed by atoms with E-state index in [0.29, 0.717) is 5.56 Å². The zero-order chi connectivity index (χ0) is 55.4. The molecule has 0 spiro atoms. The summed E-state index contributed by atoms with van der Waals surface area (Å²) in [6.45, 7) is 10.7. The van der Waals surface area contributed by atoms with Gasteiger partial charge in [0.2, 0.25) is 47.3 Å². The lowest BCUT2D eigenvalue weighted by Crippen LogP contribution is -2.63. The molecule has 0 heterocycles. The van der Waals surface area contributed by atoms with Crippen LogP contribution in [0.4, 0.5) is 0 Å². The molecule has 0 fully saturated rings. The molecule has 1 aromatic rings. The number of carbonyl (C=O) groups excluding carboxylic acids is 8. The Morgan fingerprint density at radius 3 is 1.69 bits per heavy atom. The largest absolute Gasteiger partial charge is 0.481 e. The van der Waals surface area contributed by atoms with E-state index in [1.807, 2.05) is 0 Å². The highest BCUT2D eigenvalue weighted by molar-refractivity contribution is 7.82. The van der Waals surface area contributed by atoms with Crippen LogP contribution in [0.3, 0.4) is 0 Å². The minimum atomic E-state index is -2.02. The molecular formula is C45H73N11O14S2. The molecule has 15 N–H and O–H groups in total. The molecule has 8 amide bonds. The van der Waals surface area contributed by atoms with Gasteiger partial charge in [0.05, 0.1) is 19.1 Å². The van der Waals surface area contributed by atoms with Crippen molar-refractivity contribution in [3.63, 3.8) is 0 Å². The van der Waals surface area contributed by atoms with Gasteiger partial charge in [-0.05, 0) is 65.4 Å². The van der Waals surface area contributed by atoms with Gasteiger partial charge in [-0.15, -0.1) is 0 Å². The van der Waals surface area contributed by atoms with E-state index in [9.17, 15) is 68.4 Å². The molecule has 25 nitrogen and oxygen atoms in total. The number of hydrogen-bond acceptors (Lipinski definition) is 15. The molecule has 0 saturated carbocycles. The summed E-state index contributed by atoms with van der Waals surface area (Å²) in [7, 11) is 1.25. The molecule has 0 aromatic heterocycles. The van der Waals surface area contributed by atoms with Crippen molar-refractivity contribution < 1.29 is 68.4 Å². The van der Waals surface area contributed by atoms with Crippen molar-refractivity contribution in [3.05, 3.63) is 35.9 Å². The molecule has 0 aliphatic heterocycles. The maximum atomic E-state index is 13.9. The van der Waals surface area contributed by atoms with E-state index in [1.54, 1.807) is 58.0 Å². The summed E-state index contributed by atoms with van der Waals surface area (Å²) in [6.07, 6.45) is -3.01. The van der Waals surface area contributed by atoms with Gasteiger partial charge < -0.3 is 73.6 Å². The summed E-state index contributed by atoms with van der Waals surface area (Å²) in [5, 5.41) is 67.0. The van der Waals surface area contributed by atoms with Gasteiger partial charge in [-0.3, -0.25) is 48.6 Å². The van der Waals surface area contributed by atoms with Crippen LogP contribution in [-0.4, -0.2) is 175 Å². The van der Waals surface area contributed by atoms with Crippen LogP contribution in [0.5, 0.6) is 0 Å². The highest BCUT2D eigenvalue weighted by Gasteiger charge is 2.41. The lowest BCUT2D eigenvalue weighted by atomic mass is 9.98. The Balaban J connectivity index is 3.41. The maximum Gasteiger partial charge on any atom is 0.326 e. The van der Waals surface area contributed by atoms with E-state index in [0.717, 1.165) is 11.8 Å². The molecular weight excluding hydrogens is 983 g/mol. The first-order chi connectivity index (χ1) is 33.2. The second-order valence-corrected chi connectivity index (χ2v) is 21.0. The number of aliphatic hydroxyl groups is 2. The fourth-order valence-corrected chi connectivity index (χ4v) is 7.33. The average molecular weight is 1060 g/mol. The zero-order valence-electron chi connectivity index (χ0n) is 41.9. The summed E-state index contributed by atoms with van der Waals surface area (Å²) in [5.74, 6) is -11.6. The van der Waals surface area contributed by atoms with Crippen molar-refractivity contribution in [2.24, 2.45) is 11.7 Å². The molecule has 27 heteroatoms. The summed E-state index contributed by atoms with van der Waals surface area (Å²) in [5.41, 5.74) is 5.97. The third-order valence-electron chi connectivity index (χ3n) is 10.8. The smallest absolute Gasteiger partial charge is 0.326 e. The first-order valence-electron chi connectivity index (χ1n) is 22.9. The number of carbonyl (C=O) groups is 10. The van der Waals surface area contributed by atoms with Crippen molar-refractivity contribution in [1.29, 1.82) is 5.41 Å². The maximum absolute atomic E-state index is 13.9. The number of carboxylic acid groups (broad SMARTS) is 2. The second kappa shape index (κ2) is 29.4. The van der Waals surface area contributed by atoms with E-state index in [1.165, 1.54) is 27.8 Å². The second-order valence-electron chi connectivity index (χ2n) is 18.7. The predicted octanol–water partition coefficient (Wildman–Crippen LogP) is -2.87. The zero-order valence-corrected chi connectivity index (χ0v) is 43.7. The van der Waals surface area contributed by atoms with Crippen LogP contribution in [-0.2, 0) is 54.4 Å². The van der Waals surface area contributed by atoms with Gasteiger partial charge in [0.15, 0.2) is 5.96 Å². The predicted molar refractivity (Wildman–Crippen MR) is 269 cm³/mol. The molecule has 0 bridgehead atoms. The molecule has 0 aliphatic carbocycles. The first kappa shape index (κ1) is 63.8. The summed E-state index contributed by atoms with van der Waals surface area (Å²) >= 11 is 8.91. The van der Waals surface area contributed by atoms with Gasteiger partial charge >= 0.3 is 11.9 Å². The molecule has 404 valence electrons. The standard InChI is InChI=1S/C45H73N11O14S2/c1-22(2)18-26(36(63)55-33(44(5,6)71)40(67)52-28(42(69)70)19-25-14-11-10-12-15-25)51-39(66)32(23(3)58)54-35(62)27(20-31(60)61)50-37(64)29(21-57)53-38(65)30(16-13-17-48-43(46)47)56(9)41(68)34(45(7,8)72)49-24(4)59/h10-12,14-15,22-23,26-30,32-34,57-58,71-72H,13,16-21H2,1-9H3,(H,49,59)(H,50,64)(H,51,66)(H,52,67)(H,53,65)(H,54,62)(H,55,63)(H,60,61)(H,69,70)(H4,46,47,48)/t23-,26+,27+,28+,29+,30+,32+,33-,34-/m1/s1. The number of aliphatic hydroxyl groups excluding tert-OH is 2. The number of hydrogen-bond donors (Lipinski definition) is 16. The van der Waals surface area contributed by atoms with Crippen LogP contribution in [0.15, 0.2) is 30.3 Å². The average Bonchev–Trinajstić information content (AvgIpc) is 3.25. The normalized spacial score (nSPS) is 15.2. The van der Waals surface area contributed by atoms with Crippen LogP contribution < -0.4 is 48.3 Å². The van der Waals surface area contributed by atoms with Gasteiger partial charge in [-0.25, -0.2) is 4.79 Å². The van der Waals surface area contributed by atoms with E-state index in [4.69, 9.17) is 11.1 Å². The number of guanidine groups is 1. The Hall–Kier alpha value is -6.19. The monoisotopic (exact) mass is 1060 g/mol. The number of amides is 8. The number of benzene rings is 1. The number of thiol groups is 2. The van der Waals surface area contributed by atoms with Crippen molar-refractivity contribution in [1.82, 2.24) is 47.4 Å². The molecule has 1 rings (SSSR count). The molecule has 0 radical (unpaired) electrons. The quantitative estimate of drug-likeness (QED) is 0.0159. The third kappa shape index (κ3) is 22.1. The third-order valence-corrected chi connectivity index (χ3v) is 11.3. The molecule has 0 saturated heterocycles. The van der Waals surface area contributed by atoms with Crippen LogP contribution in [0.25, 0.3) is 0 Å². The van der Waals surface area contributed by atoms with Gasteiger partial charge in [-0.2, -0.15) is 25.3 Å². The topological polar surface area (TPSA) is 401 Å². The lowest BCUT2D eigenvalue weighted by Gasteiger charge is -2.36. The highest BCUT2D eigenvalue weighted by Crippen LogP contribution is 2.22. The molecule has 1 aromatic carbocycles. The summed E-state index contributed by atoms with van der Waals surface area (Å²) in [4.78, 5) is 133. The molecule has 9 atom stereocenters. The molecule has 0 unspecified atom stereocenters. The first-order valence-corrected chi connectivity index (χ1v) is 23.8. The Labute approximate surface area is 429 Å². The number of nitrogens with one attached hydrogen (secondary N) is 9. The lowest BCUT2D eigenvalue weighted by molar-refractivity contribution is -0.144. The van der Waals surface area contributed by atoms with Gasteiger partial charge in [0, 0.05) is 36.4 Å². The van der Waals surface area contributed by atoms with Crippen molar-refractivity contribution in [2.45, 2.75) is 151 Å². The fraction of sp³-hybridized carbons (Fsp3) is 0.622. The SMILES string of the molecule is CC(=O)N[C@H](C(=O)N(C)[C@@H](CCCNC(=N)N)C(=O)N[C@@H](CO)C(=O)N[C@@H](CC(=O)O)C(=O)N[C@H](C(=O)N[C@@H](CC(C)C)C(=O)N[C@H](C(=O)N[C@@H](Cc1ccccc1)C(=O)O)C(C)(C)S)[C@@H](C)O)C(C)(C)S. The fourth-order valence-electron chi connectivity index (χ4n) is 6.97. The van der Waals surface area contributed by atoms with Crippen LogP contribution in [0.2, 0.25) is 0 Å². The van der Waals surface area contributed by atoms with Gasteiger partial charge in [0.25, 0.3) is 0 Å². The van der Waals surface area contributed by atoms with E-state index in [2.05, 4.69) is 67.8 Å². The van der Waals surface area contributed by atoms with Crippen LogP contribution in [0, 0.1) is 11.3 Å². The van der Waals surface area contributed by atoms with E-state index >= 15 is 0 Å².